The van der Waals surface area contributed by atoms with Gasteiger partial charge in [-0.15, -0.1) is 0 Å². The SMILES string of the molecule is CC(C)Oc1cc(NC(C(=O)O)C2CC2)ncn1. The van der Waals surface area contributed by atoms with Gasteiger partial charge in [0.1, 0.15) is 18.2 Å². The molecule has 1 aliphatic carbocycles. The average molecular weight is 251 g/mol. The number of nitrogens with zero attached hydrogens (tertiary/aromatic N) is 2. The molecular weight excluding hydrogens is 234 g/mol. The van der Waals surface area contributed by atoms with Gasteiger partial charge in [0.05, 0.1) is 6.10 Å². The van der Waals surface area contributed by atoms with Crippen LogP contribution >= 0.6 is 0 Å². The van der Waals surface area contributed by atoms with E-state index in [9.17, 15) is 4.79 Å². The van der Waals surface area contributed by atoms with Crippen molar-refractivity contribution < 1.29 is 14.6 Å². The molecule has 1 aromatic heterocycles. The number of hydrogen-bond donors (Lipinski definition) is 2. The Bertz CT molecular complexity index is 432. The molecule has 1 heterocycles. The number of hydrogen-bond acceptors (Lipinski definition) is 5. The van der Waals surface area contributed by atoms with Crippen LogP contribution in [0.1, 0.15) is 26.7 Å². The van der Waals surface area contributed by atoms with Crippen LogP contribution in [0.15, 0.2) is 12.4 Å². The quantitative estimate of drug-likeness (QED) is 0.797. The predicted molar refractivity (Wildman–Crippen MR) is 65.6 cm³/mol. The molecule has 98 valence electrons. The van der Waals surface area contributed by atoms with Crippen LogP contribution < -0.4 is 10.1 Å². The molecule has 0 aromatic carbocycles. The number of carbonyl (C=O) groups is 1. The highest BCUT2D eigenvalue weighted by Gasteiger charge is 2.36. The van der Waals surface area contributed by atoms with Gasteiger partial charge < -0.3 is 15.2 Å². The van der Waals surface area contributed by atoms with Crippen molar-refractivity contribution in [2.24, 2.45) is 5.92 Å². The maximum absolute atomic E-state index is 11.1. The minimum absolute atomic E-state index is 0.0199. The number of aliphatic carboxylic acids is 1. The van der Waals surface area contributed by atoms with E-state index in [4.69, 9.17) is 9.84 Å². The van der Waals surface area contributed by atoms with Crippen molar-refractivity contribution in [3.05, 3.63) is 12.4 Å². The minimum Gasteiger partial charge on any atom is -0.480 e. The monoisotopic (exact) mass is 251 g/mol. The van der Waals surface area contributed by atoms with E-state index in [2.05, 4.69) is 15.3 Å². The first-order valence-corrected chi connectivity index (χ1v) is 6.04. The lowest BCUT2D eigenvalue weighted by Crippen LogP contribution is -2.31. The summed E-state index contributed by atoms with van der Waals surface area (Å²) in [5.74, 6) is 0.289. The molecule has 1 saturated carbocycles. The lowest BCUT2D eigenvalue weighted by molar-refractivity contribution is -0.138. The second-order valence-corrected chi connectivity index (χ2v) is 4.71. The number of rotatable bonds is 6. The first-order chi connectivity index (χ1) is 8.56. The van der Waals surface area contributed by atoms with Crippen molar-refractivity contribution in [3.8, 4) is 5.88 Å². The summed E-state index contributed by atoms with van der Waals surface area (Å²) in [4.78, 5) is 19.1. The molecule has 1 aliphatic rings. The Kier molecular flexibility index (Phi) is 3.64. The summed E-state index contributed by atoms with van der Waals surface area (Å²) in [6, 6.07) is 1.05. The van der Waals surface area contributed by atoms with E-state index >= 15 is 0 Å². The van der Waals surface area contributed by atoms with Crippen LogP contribution in [-0.2, 0) is 4.79 Å². The van der Waals surface area contributed by atoms with E-state index in [1.54, 1.807) is 6.07 Å². The third-order valence-electron chi connectivity index (χ3n) is 2.66. The van der Waals surface area contributed by atoms with E-state index in [0.29, 0.717) is 11.7 Å². The Morgan fingerprint density at radius 2 is 2.22 bits per heavy atom. The molecule has 2 N–H and O–H groups in total. The largest absolute Gasteiger partial charge is 0.480 e. The Labute approximate surface area is 105 Å². The molecule has 18 heavy (non-hydrogen) atoms. The summed E-state index contributed by atoms with van der Waals surface area (Å²) in [5, 5.41) is 12.0. The molecule has 0 radical (unpaired) electrons. The Morgan fingerprint density at radius 3 is 2.78 bits per heavy atom. The summed E-state index contributed by atoms with van der Waals surface area (Å²) in [6.07, 6.45) is 3.28. The molecule has 6 nitrogen and oxygen atoms in total. The first kappa shape index (κ1) is 12.6. The standard InChI is InChI=1S/C12H17N3O3/c1-7(2)18-10-5-9(13-6-14-10)15-11(12(16)17)8-3-4-8/h5-8,11H,3-4H2,1-2H3,(H,16,17)(H,13,14,15). The van der Waals surface area contributed by atoms with Crippen molar-refractivity contribution in [1.29, 1.82) is 0 Å². The van der Waals surface area contributed by atoms with Crippen molar-refractivity contribution in [2.75, 3.05) is 5.32 Å². The first-order valence-electron chi connectivity index (χ1n) is 6.04. The van der Waals surface area contributed by atoms with Gasteiger partial charge in [0.25, 0.3) is 0 Å². The van der Waals surface area contributed by atoms with Gasteiger partial charge >= 0.3 is 5.97 Å². The molecule has 1 aromatic rings. The maximum Gasteiger partial charge on any atom is 0.326 e. The number of anilines is 1. The average Bonchev–Trinajstić information content (AvgIpc) is 3.09. The Morgan fingerprint density at radius 1 is 1.50 bits per heavy atom. The summed E-state index contributed by atoms with van der Waals surface area (Å²) in [6.45, 7) is 3.80. The van der Waals surface area contributed by atoms with Crippen molar-refractivity contribution in [3.63, 3.8) is 0 Å². The molecule has 2 rings (SSSR count). The van der Waals surface area contributed by atoms with Gasteiger partial charge in [0.2, 0.25) is 5.88 Å². The molecule has 1 unspecified atom stereocenters. The normalized spacial score (nSPS) is 16.4. The van der Waals surface area contributed by atoms with E-state index in [-0.39, 0.29) is 12.0 Å². The molecule has 1 fully saturated rings. The highest BCUT2D eigenvalue weighted by molar-refractivity contribution is 5.77. The highest BCUT2D eigenvalue weighted by atomic mass is 16.5. The van der Waals surface area contributed by atoms with Crippen LogP contribution in [0.4, 0.5) is 5.82 Å². The molecule has 0 spiro atoms. The van der Waals surface area contributed by atoms with Gasteiger partial charge in [-0.05, 0) is 32.6 Å². The van der Waals surface area contributed by atoms with Crippen LogP contribution in [0, 0.1) is 5.92 Å². The zero-order chi connectivity index (χ0) is 13.1. The van der Waals surface area contributed by atoms with Crippen LogP contribution in [0.3, 0.4) is 0 Å². The van der Waals surface area contributed by atoms with Crippen molar-refractivity contribution >= 4 is 11.8 Å². The van der Waals surface area contributed by atoms with E-state index < -0.39 is 12.0 Å². The van der Waals surface area contributed by atoms with Gasteiger partial charge in [0.15, 0.2) is 0 Å². The van der Waals surface area contributed by atoms with Crippen LogP contribution in [0.2, 0.25) is 0 Å². The molecule has 0 saturated heterocycles. The van der Waals surface area contributed by atoms with Crippen LogP contribution in [0.5, 0.6) is 5.88 Å². The van der Waals surface area contributed by atoms with E-state index in [1.165, 1.54) is 6.33 Å². The number of carboxylic acids is 1. The van der Waals surface area contributed by atoms with Gasteiger partial charge in [-0.2, -0.15) is 0 Å². The second kappa shape index (κ2) is 5.20. The molecular formula is C12H17N3O3. The molecule has 1 atom stereocenters. The van der Waals surface area contributed by atoms with E-state index in [1.807, 2.05) is 13.8 Å². The van der Waals surface area contributed by atoms with Crippen molar-refractivity contribution in [2.45, 2.75) is 38.8 Å². The summed E-state index contributed by atoms with van der Waals surface area (Å²) in [7, 11) is 0. The fraction of sp³-hybridized carbons (Fsp3) is 0.583. The van der Waals surface area contributed by atoms with Gasteiger partial charge in [-0.1, -0.05) is 0 Å². The van der Waals surface area contributed by atoms with E-state index in [0.717, 1.165) is 12.8 Å². The van der Waals surface area contributed by atoms with Gasteiger partial charge in [-0.3, -0.25) is 0 Å². The third kappa shape index (κ3) is 3.32. The number of ether oxygens (including phenoxy) is 1. The zero-order valence-corrected chi connectivity index (χ0v) is 10.5. The smallest absolute Gasteiger partial charge is 0.326 e. The highest BCUT2D eigenvalue weighted by Crippen LogP contribution is 2.34. The van der Waals surface area contributed by atoms with Gasteiger partial charge in [0, 0.05) is 6.07 Å². The summed E-state index contributed by atoms with van der Waals surface area (Å²) in [5.41, 5.74) is 0. The minimum atomic E-state index is -0.845. The zero-order valence-electron chi connectivity index (χ0n) is 10.5. The fourth-order valence-corrected chi connectivity index (χ4v) is 1.69. The Balaban J connectivity index is 2.05. The predicted octanol–water partition coefficient (Wildman–Crippen LogP) is 1.54. The lowest BCUT2D eigenvalue weighted by atomic mass is 10.2. The van der Waals surface area contributed by atoms with Crippen molar-refractivity contribution in [1.82, 2.24) is 9.97 Å². The number of aromatic nitrogens is 2. The second-order valence-electron chi connectivity index (χ2n) is 4.71. The number of carboxylic acid groups (broad SMARTS) is 1. The van der Waals surface area contributed by atoms with Gasteiger partial charge in [-0.25, -0.2) is 14.8 Å². The van der Waals surface area contributed by atoms with Crippen LogP contribution in [-0.4, -0.2) is 33.2 Å². The number of nitrogens with one attached hydrogen (secondary N) is 1. The Hall–Kier alpha value is -1.85. The molecule has 0 aliphatic heterocycles. The summed E-state index contributed by atoms with van der Waals surface area (Å²) < 4.78 is 5.43. The summed E-state index contributed by atoms with van der Waals surface area (Å²) >= 11 is 0. The topological polar surface area (TPSA) is 84.3 Å². The van der Waals surface area contributed by atoms with Crippen LogP contribution in [0.25, 0.3) is 0 Å². The molecule has 0 bridgehead atoms. The molecule has 6 heteroatoms. The maximum atomic E-state index is 11.1. The molecule has 0 amide bonds. The third-order valence-corrected chi connectivity index (χ3v) is 2.66. The lowest BCUT2D eigenvalue weighted by Gasteiger charge is -2.15. The fourth-order valence-electron chi connectivity index (χ4n) is 1.69.